The molecule has 0 aromatic heterocycles. The molecule has 1 heterocycles. The Hall–Kier alpha value is -2.30. The molecular weight excluding hydrogens is 258 g/mol. The van der Waals surface area contributed by atoms with Crippen LogP contribution in [0.2, 0.25) is 0 Å². The molecule has 20 heavy (non-hydrogen) atoms. The summed E-state index contributed by atoms with van der Waals surface area (Å²) in [4.78, 5) is 22.4. The van der Waals surface area contributed by atoms with E-state index in [1.165, 1.54) is 18.7 Å². The molecule has 0 atom stereocenters. The van der Waals surface area contributed by atoms with Crippen LogP contribution in [0.25, 0.3) is 6.08 Å². The summed E-state index contributed by atoms with van der Waals surface area (Å²) in [5.74, 6) is 0.350. The first-order valence-electron chi connectivity index (χ1n) is 6.47. The first-order valence-corrected chi connectivity index (χ1v) is 6.47. The fourth-order valence-corrected chi connectivity index (χ4v) is 1.93. The van der Waals surface area contributed by atoms with Gasteiger partial charge in [-0.3, -0.25) is 9.59 Å². The Balaban J connectivity index is 1.83. The van der Waals surface area contributed by atoms with Crippen LogP contribution in [-0.4, -0.2) is 32.1 Å². The molecule has 1 aliphatic heterocycles. The SMILES string of the molecule is COC(=O)CCNC(=O)C=Cc1ccc2c(c1)CCO2. The molecule has 0 unspecified atom stereocenters. The van der Waals surface area contributed by atoms with E-state index in [0.717, 1.165) is 24.3 Å². The maximum absolute atomic E-state index is 11.5. The molecule has 5 nitrogen and oxygen atoms in total. The van der Waals surface area contributed by atoms with Crippen molar-refractivity contribution >= 4 is 18.0 Å². The summed E-state index contributed by atoms with van der Waals surface area (Å²) >= 11 is 0. The molecule has 0 fully saturated rings. The van der Waals surface area contributed by atoms with E-state index >= 15 is 0 Å². The van der Waals surface area contributed by atoms with Crippen molar-refractivity contribution in [3.05, 3.63) is 35.4 Å². The van der Waals surface area contributed by atoms with Crippen LogP contribution in [0.15, 0.2) is 24.3 Å². The predicted molar refractivity (Wildman–Crippen MR) is 74.3 cm³/mol. The Labute approximate surface area is 117 Å². The Kier molecular flexibility index (Phi) is 4.76. The maximum atomic E-state index is 11.5. The van der Waals surface area contributed by atoms with Crippen LogP contribution in [0.4, 0.5) is 0 Å². The van der Waals surface area contributed by atoms with E-state index in [0.29, 0.717) is 0 Å². The number of hydrogen-bond acceptors (Lipinski definition) is 4. The quantitative estimate of drug-likeness (QED) is 0.650. The number of hydrogen-bond donors (Lipinski definition) is 1. The largest absolute Gasteiger partial charge is 0.493 e. The number of rotatable bonds is 5. The molecule has 5 heteroatoms. The van der Waals surface area contributed by atoms with Gasteiger partial charge in [-0.05, 0) is 29.3 Å². The second-order valence-electron chi connectivity index (χ2n) is 4.42. The lowest BCUT2D eigenvalue weighted by atomic mass is 10.1. The molecule has 0 bridgehead atoms. The minimum atomic E-state index is -0.340. The van der Waals surface area contributed by atoms with Crippen LogP contribution in [0.5, 0.6) is 5.75 Å². The van der Waals surface area contributed by atoms with Gasteiger partial charge in [0, 0.05) is 19.0 Å². The summed E-state index contributed by atoms with van der Waals surface area (Å²) in [6, 6.07) is 5.83. The normalized spacial score (nSPS) is 12.8. The summed E-state index contributed by atoms with van der Waals surface area (Å²) in [7, 11) is 1.32. The van der Waals surface area contributed by atoms with Gasteiger partial charge in [0.05, 0.1) is 20.1 Å². The van der Waals surface area contributed by atoms with Crippen LogP contribution in [0, 0.1) is 0 Å². The number of methoxy groups -OCH3 is 1. The monoisotopic (exact) mass is 275 g/mol. The lowest BCUT2D eigenvalue weighted by Crippen LogP contribution is -2.24. The van der Waals surface area contributed by atoms with Crippen molar-refractivity contribution in [2.24, 2.45) is 0 Å². The Bertz CT molecular complexity index is 537. The molecule has 2 rings (SSSR count). The van der Waals surface area contributed by atoms with Crippen molar-refractivity contribution < 1.29 is 19.1 Å². The number of ether oxygens (including phenoxy) is 2. The van der Waals surface area contributed by atoms with Crippen molar-refractivity contribution in [2.45, 2.75) is 12.8 Å². The van der Waals surface area contributed by atoms with Crippen molar-refractivity contribution in [3.63, 3.8) is 0 Å². The smallest absolute Gasteiger partial charge is 0.307 e. The highest BCUT2D eigenvalue weighted by Gasteiger charge is 2.11. The van der Waals surface area contributed by atoms with E-state index < -0.39 is 0 Å². The zero-order valence-corrected chi connectivity index (χ0v) is 11.3. The van der Waals surface area contributed by atoms with Crippen molar-refractivity contribution in [1.82, 2.24) is 5.32 Å². The van der Waals surface area contributed by atoms with Crippen LogP contribution < -0.4 is 10.1 Å². The number of esters is 1. The molecule has 1 aromatic carbocycles. The highest BCUT2D eigenvalue weighted by atomic mass is 16.5. The average molecular weight is 275 g/mol. The van der Waals surface area contributed by atoms with Gasteiger partial charge in [-0.15, -0.1) is 0 Å². The van der Waals surface area contributed by atoms with E-state index in [1.54, 1.807) is 6.08 Å². The van der Waals surface area contributed by atoms with Crippen LogP contribution in [0.1, 0.15) is 17.5 Å². The van der Waals surface area contributed by atoms with Gasteiger partial charge < -0.3 is 14.8 Å². The summed E-state index contributed by atoms with van der Waals surface area (Å²) in [6.07, 6.45) is 4.27. The van der Waals surface area contributed by atoms with E-state index in [4.69, 9.17) is 4.74 Å². The van der Waals surface area contributed by atoms with Gasteiger partial charge in [-0.25, -0.2) is 0 Å². The van der Waals surface area contributed by atoms with E-state index in [1.807, 2.05) is 18.2 Å². The molecule has 0 saturated carbocycles. The van der Waals surface area contributed by atoms with E-state index in [-0.39, 0.29) is 24.8 Å². The molecule has 0 spiro atoms. The molecule has 1 N–H and O–H groups in total. The number of amides is 1. The standard InChI is InChI=1S/C15H17NO4/c1-19-15(18)6-8-16-14(17)5-3-11-2-4-13-12(10-11)7-9-20-13/h2-5,10H,6-9H2,1H3,(H,16,17). The van der Waals surface area contributed by atoms with E-state index in [2.05, 4.69) is 10.1 Å². The van der Waals surface area contributed by atoms with Crippen molar-refractivity contribution in [3.8, 4) is 5.75 Å². The molecule has 1 aliphatic rings. The lowest BCUT2D eigenvalue weighted by Gasteiger charge is -2.01. The van der Waals surface area contributed by atoms with Crippen molar-refractivity contribution in [2.75, 3.05) is 20.3 Å². The third-order valence-corrected chi connectivity index (χ3v) is 3.00. The van der Waals surface area contributed by atoms with Gasteiger partial charge in [0.2, 0.25) is 5.91 Å². The minimum Gasteiger partial charge on any atom is -0.493 e. The molecule has 0 radical (unpaired) electrons. The number of fused-ring (bicyclic) bond motifs is 1. The van der Waals surface area contributed by atoms with Gasteiger partial charge >= 0.3 is 5.97 Å². The Morgan fingerprint density at radius 2 is 2.30 bits per heavy atom. The summed E-state index contributed by atoms with van der Waals surface area (Å²) in [5.41, 5.74) is 2.12. The molecule has 1 aromatic rings. The highest BCUT2D eigenvalue weighted by molar-refractivity contribution is 5.91. The minimum absolute atomic E-state index is 0.173. The van der Waals surface area contributed by atoms with Crippen LogP contribution in [0.3, 0.4) is 0 Å². The molecule has 1 amide bonds. The first kappa shape index (κ1) is 14.1. The Morgan fingerprint density at radius 1 is 1.45 bits per heavy atom. The van der Waals surface area contributed by atoms with Gasteiger partial charge in [-0.1, -0.05) is 6.07 Å². The lowest BCUT2D eigenvalue weighted by molar-refractivity contribution is -0.140. The Morgan fingerprint density at radius 3 is 3.10 bits per heavy atom. The molecular formula is C15H17NO4. The van der Waals surface area contributed by atoms with Crippen molar-refractivity contribution in [1.29, 1.82) is 0 Å². The zero-order chi connectivity index (χ0) is 14.4. The number of benzene rings is 1. The van der Waals surface area contributed by atoms with Gasteiger partial charge in [0.1, 0.15) is 5.75 Å². The zero-order valence-electron chi connectivity index (χ0n) is 11.3. The molecule has 0 aliphatic carbocycles. The third-order valence-electron chi connectivity index (χ3n) is 3.00. The first-order chi connectivity index (χ1) is 9.69. The third kappa shape index (κ3) is 3.85. The van der Waals surface area contributed by atoms with Gasteiger partial charge in [0.25, 0.3) is 0 Å². The highest BCUT2D eigenvalue weighted by Crippen LogP contribution is 2.26. The molecule has 106 valence electrons. The summed E-state index contributed by atoms with van der Waals surface area (Å²) < 4.78 is 9.90. The fourth-order valence-electron chi connectivity index (χ4n) is 1.93. The number of carbonyl (C=O) groups excluding carboxylic acids is 2. The van der Waals surface area contributed by atoms with Crippen LogP contribution in [-0.2, 0) is 20.7 Å². The maximum Gasteiger partial charge on any atom is 0.307 e. The number of nitrogens with one attached hydrogen (secondary N) is 1. The average Bonchev–Trinajstić information content (AvgIpc) is 2.92. The second kappa shape index (κ2) is 6.75. The number of carbonyl (C=O) groups is 2. The molecule has 0 saturated heterocycles. The summed E-state index contributed by atoms with van der Waals surface area (Å²) in [6.45, 7) is 0.990. The van der Waals surface area contributed by atoms with Gasteiger partial charge in [0.15, 0.2) is 0 Å². The second-order valence-corrected chi connectivity index (χ2v) is 4.42. The van der Waals surface area contributed by atoms with Gasteiger partial charge in [-0.2, -0.15) is 0 Å². The predicted octanol–water partition coefficient (Wildman–Crippen LogP) is 1.31. The fraction of sp³-hybridized carbons (Fsp3) is 0.333. The van der Waals surface area contributed by atoms with E-state index in [9.17, 15) is 9.59 Å². The summed E-state index contributed by atoms with van der Waals surface area (Å²) in [5, 5.41) is 2.62. The topological polar surface area (TPSA) is 64.6 Å². The van der Waals surface area contributed by atoms with Crippen LogP contribution >= 0.6 is 0 Å².